The van der Waals surface area contributed by atoms with Crippen molar-refractivity contribution in [3.8, 4) is 0 Å². The van der Waals surface area contributed by atoms with Gasteiger partial charge in [0, 0.05) is 19.4 Å². The number of allylic oxidation sites excluding steroid dienone is 6. The molecule has 2 atom stereocenters. The Morgan fingerprint density at radius 1 is 0.611 bits per heavy atom. The Morgan fingerprint density at radius 3 is 1.61 bits per heavy atom. The number of rotatable bonds is 35. The van der Waals surface area contributed by atoms with Crippen LogP contribution in [0.3, 0.4) is 0 Å². The molecule has 5 nitrogen and oxygen atoms in total. The highest BCUT2D eigenvalue weighted by atomic mass is 16.8. The third-order valence-electron chi connectivity index (χ3n) is 11.7. The van der Waals surface area contributed by atoms with E-state index in [9.17, 15) is 4.79 Å². The highest BCUT2D eigenvalue weighted by Gasteiger charge is 2.52. The molecule has 2 heterocycles. The molecule has 1 amide bonds. The number of likely N-dealkylation sites (tertiary alicyclic amines) is 1. The van der Waals surface area contributed by atoms with Gasteiger partial charge in [0.2, 0.25) is 5.91 Å². The van der Waals surface area contributed by atoms with Crippen LogP contribution in [-0.2, 0) is 14.3 Å². The first-order valence-electron chi connectivity index (χ1n) is 23.7. The summed E-state index contributed by atoms with van der Waals surface area (Å²) < 4.78 is 13.7. The number of amides is 1. The Hall–Kier alpha value is -1.43. The predicted octanol–water partition coefficient (Wildman–Crippen LogP) is 14.1. The molecule has 0 bridgehead atoms. The fraction of sp³-hybridized carbons (Fsp3) is 0.857. The van der Waals surface area contributed by atoms with Gasteiger partial charge in [0.05, 0.1) is 18.8 Å². The average molecular weight is 755 g/mol. The van der Waals surface area contributed by atoms with Gasteiger partial charge in [-0.15, -0.1) is 0 Å². The normalized spacial score (nSPS) is 20.6. The lowest BCUT2D eigenvalue weighted by atomic mass is 9.90. The van der Waals surface area contributed by atoms with Crippen molar-refractivity contribution >= 4 is 5.91 Å². The maximum absolute atomic E-state index is 13.1. The van der Waals surface area contributed by atoms with Gasteiger partial charge in [-0.25, -0.2) is 0 Å². The molecule has 2 aliphatic rings. The molecule has 2 aliphatic heterocycles. The summed E-state index contributed by atoms with van der Waals surface area (Å²) in [5.74, 6) is -0.338. The lowest BCUT2D eigenvalue weighted by Gasteiger charge is -2.40. The summed E-state index contributed by atoms with van der Waals surface area (Å²) in [5.41, 5.74) is -0.187. The van der Waals surface area contributed by atoms with E-state index in [1.807, 2.05) is 4.90 Å². The van der Waals surface area contributed by atoms with Gasteiger partial charge in [-0.2, -0.15) is 0 Å². The van der Waals surface area contributed by atoms with Gasteiger partial charge >= 0.3 is 0 Å². The minimum Gasteiger partial charge on any atom is -0.345 e. The van der Waals surface area contributed by atoms with E-state index in [0.717, 1.165) is 51.6 Å². The van der Waals surface area contributed by atoms with E-state index in [1.165, 1.54) is 161 Å². The van der Waals surface area contributed by atoms with E-state index < -0.39 is 5.79 Å². The lowest BCUT2D eigenvalue weighted by Crippen LogP contribution is -2.52. The number of ether oxygens (including phenoxy) is 2. The van der Waals surface area contributed by atoms with E-state index in [4.69, 9.17) is 9.47 Å². The van der Waals surface area contributed by atoms with Gasteiger partial charge in [0.1, 0.15) is 0 Å². The van der Waals surface area contributed by atoms with Gasteiger partial charge in [-0.05, 0) is 104 Å². The minimum absolute atomic E-state index is 0.187. The second-order valence-corrected chi connectivity index (χ2v) is 17.3. The molecule has 0 N–H and O–H groups in total. The van der Waals surface area contributed by atoms with Crippen LogP contribution in [0.15, 0.2) is 36.5 Å². The van der Waals surface area contributed by atoms with Gasteiger partial charge in [0.15, 0.2) is 5.79 Å². The van der Waals surface area contributed by atoms with Gasteiger partial charge in [-0.3, -0.25) is 4.79 Å². The topological polar surface area (TPSA) is 42.0 Å². The van der Waals surface area contributed by atoms with Crippen LogP contribution >= 0.6 is 0 Å². The fourth-order valence-corrected chi connectivity index (χ4v) is 8.32. The quantitative estimate of drug-likeness (QED) is 0.0477. The Labute approximate surface area is 336 Å². The van der Waals surface area contributed by atoms with E-state index in [1.54, 1.807) is 0 Å². The molecule has 0 aliphatic carbocycles. The Morgan fingerprint density at radius 2 is 1.07 bits per heavy atom. The molecular formula is C49H90N2O3. The first kappa shape index (κ1) is 48.7. The van der Waals surface area contributed by atoms with Crippen LogP contribution in [0, 0.1) is 0 Å². The van der Waals surface area contributed by atoms with Crippen molar-refractivity contribution in [2.75, 3.05) is 40.3 Å². The molecular weight excluding hydrogens is 665 g/mol. The van der Waals surface area contributed by atoms with Crippen molar-refractivity contribution in [1.82, 2.24) is 9.80 Å². The maximum atomic E-state index is 13.1. The monoisotopic (exact) mass is 755 g/mol. The average Bonchev–Trinajstić information content (AvgIpc) is 3.50. The van der Waals surface area contributed by atoms with Gasteiger partial charge in [0.25, 0.3) is 0 Å². The van der Waals surface area contributed by atoms with Crippen LogP contribution in [-0.4, -0.2) is 67.4 Å². The zero-order valence-electron chi connectivity index (χ0n) is 36.5. The summed E-state index contributed by atoms with van der Waals surface area (Å²) in [6.45, 7) is 7.64. The molecule has 2 saturated heterocycles. The molecule has 5 heteroatoms. The number of unbranched alkanes of at least 4 members (excludes halogenated alkanes) is 21. The van der Waals surface area contributed by atoms with Crippen molar-refractivity contribution in [3.05, 3.63) is 36.5 Å². The third kappa shape index (κ3) is 24.3. The number of carbonyl (C=O) groups excluding carboxylic acids is 1. The van der Waals surface area contributed by atoms with Crippen LogP contribution in [0.2, 0.25) is 0 Å². The van der Waals surface area contributed by atoms with Crippen LogP contribution in [0.5, 0.6) is 0 Å². The van der Waals surface area contributed by atoms with Crippen LogP contribution in [0.1, 0.15) is 219 Å². The standard InChI is InChI=1S/C49H90N2O3/c1-5-7-9-11-13-15-17-19-21-23-25-27-29-31-33-35-40-48(41-36-34-32-30-28-26-24-22-20-18-16-14-12-10-8-6-2)46-53-49(54-48)42-38-44-51(45-49)47(52)39-37-43-50(3)4/h13,15,19-22H,5-12,14,16-18,23-46H2,1-4H3/b15-13-,21-19-,22-20-. The number of carbonyl (C=O) groups is 1. The van der Waals surface area contributed by atoms with Crippen LogP contribution < -0.4 is 0 Å². The van der Waals surface area contributed by atoms with Crippen molar-refractivity contribution in [2.24, 2.45) is 0 Å². The molecule has 0 aromatic heterocycles. The Bertz CT molecular complexity index is 976. The molecule has 1 spiro atoms. The van der Waals surface area contributed by atoms with E-state index in [2.05, 4.69) is 69.3 Å². The van der Waals surface area contributed by atoms with Crippen LogP contribution in [0.25, 0.3) is 0 Å². The fourth-order valence-electron chi connectivity index (χ4n) is 8.32. The molecule has 0 aromatic rings. The number of piperidine rings is 1. The Balaban J connectivity index is 1.71. The summed E-state index contributed by atoms with van der Waals surface area (Å²) in [7, 11) is 4.15. The van der Waals surface area contributed by atoms with E-state index in [-0.39, 0.29) is 11.5 Å². The minimum atomic E-state index is -0.601. The molecule has 314 valence electrons. The summed E-state index contributed by atoms with van der Waals surface area (Å²) in [6, 6.07) is 0. The largest absolute Gasteiger partial charge is 0.345 e. The predicted molar refractivity (Wildman–Crippen MR) is 234 cm³/mol. The first-order chi connectivity index (χ1) is 26.4. The van der Waals surface area contributed by atoms with Crippen LogP contribution in [0.4, 0.5) is 0 Å². The summed E-state index contributed by atoms with van der Waals surface area (Å²) in [5, 5.41) is 0. The first-order valence-corrected chi connectivity index (χ1v) is 23.7. The third-order valence-corrected chi connectivity index (χ3v) is 11.7. The van der Waals surface area contributed by atoms with Gasteiger partial charge < -0.3 is 19.3 Å². The molecule has 2 fully saturated rings. The SMILES string of the molecule is CCCCC/C=C\C/C=C\CCCCCCCCC1(CCCCCCCC/C=C\CCCCCCCC)COC2(CCCN(C(=O)CCCN(C)C)C2)O1. The number of nitrogens with zero attached hydrogens (tertiary/aromatic N) is 2. The molecule has 2 unspecified atom stereocenters. The smallest absolute Gasteiger partial charge is 0.222 e. The Kier molecular flexibility index (Phi) is 29.4. The highest BCUT2D eigenvalue weighted by Crippen LogP contribution is 2.43. The summed E-state index contributed by atoms with van der Waals surface area (Å²) >= 11 is 0. The lowest BCUT2D eigenvalue weighted by molar-refractivity contribution is -0.217. The van der Waals surface area contributed by atoms with Gasteiger partial charge in [-0.1, -0.05) is 159 Å². The van der Waals surface area contributed by atoms with Crippen molar-refractivity contribution in [1.29, 1.82) is 0 Å². The molecule has 2 rings (SSSR count). The summed E-state index contributed by atoms with van der Waals surface area (Å²) in [4.78, 5) is 17.3. The highest BCUT2D eigenvalue weighted by molar-refractivity contribution is 5.76. The van der Waals surface area contributed by atoms with Crippen molar-refractivity contribution in [3.63, 3.8) is 0 Å². The second kappa shape index (κ2) is 32.6. The number of hydrogen-bond donors (Lipinski definition) is 0. The number of hydrogen-bond acceptors (Lipinski definition) is 4. The zero-order chi connectivity index (χ0) is 38.8. The molecule has 0 saturated carbocycles. The second-order valence-electron chi connectivity index (χ2n) is 17.3. The van der Waals surface area contributed by atoms with E-state index in [0.29, 0.717) is 19.6 Å². The maximum Gasteiger partial charge on any atom is 0.222 e. The molecule has 0 aromatic carbocycles. The zero-order valence-corrected chi connectivity index (χ0v) is 36.5. The summed E-state index contributed by atoms with van der Waals surface area (Å²) in [6.07, 6.45) is 53.8. The van der Waals surface area contributed by atoms with Crippen molar-refractivity contribution in [2.45, 2.75) is 231 Å². The molecule has 0 radical (unpaired) electrons. The molecule has 54 heavy (non-hydrogen) atoms. The van der Waals surface area contributed by atoms with E-state index >= 15 is 0 Å². The van der Waals surface area contributed by atoms with Crippen molar-refractivity contribution < 1.29 is 14.3 Å².